The summed E-state index contributed by atoms with van der Waals surface area (Å²) in [6.07, 6.45) is 10.2. The van der Waals surface area contributed by atoms with Crippen molar-refractivity contribution in [2.75, 3.05) is 0 Å². The Morgan fingerprint density at radius 3 is 2.39 bits per heavy atom. The Kier molecular flexibility index (Phi) is 6.60. The highest BCUT2D eigenvalue weighted by molar-refractivity contribution is 5.98. The number of rotatable bonds is 7. The second-order valence-electron chi connectivity index (χ2n) is 8.19. The van der Waals surface area contributed by atoms with Crippen LogP contribution in [0.3, 0.4) is 0 Å². The number of amides is 2. The molecule has 160 valence electrons. The lowest BCUT2D eigenvalue weighted by Crippen LogP contribution is -2.46. The van der Waals surface area contributed by atoms with Crippen LogP contribution in [0.25, 0.3) is 0 Å². The van der Waals surface area contributed by atoms with E-state index >= 15 is 0 Å². The molecule has 0 unspecified atom stereocenters. The topological polar surface area (TPSA) is 49.4 Å². The van der Waals surface area contributed by atoms with Gasteiger partial charge in [0.25, 0.3) is 5.91 Å². The molecule has 0 aromatic heterocycles. The van der Waals surface area contributed by atoms with Crippen LogP contribution in [0.1, 0.15) is 49.3 Å². The molecule has 1 atom stereocenters. The fourth-order valence-corrected chi connectivity index (χ4v) is 4.32. The lowest BCUT2D eigenvalue weighted by atomic mass is 10.0. The Hall–Kier alpha value is -3.21. The molecule has 0 aliphatic heterocycles. The van der Waals surface area contributed by atoms with E-state index < -0.39 is 6.04 Å². The number of carbonyl (C=O) groups is 2. The summed E-state index contributed by atoms with van der Waals surface area (Å²) in [6, 6.07) is 14.8. The minimum Gasteiger partial charge on any atom is -0.351 e. The molecule has 4 nitrogen and oxygen atoms in total. The average Bonchev–Trinajstić information content (AvgIpc) is 3.49. The third kappa shape index (κ3) is 5.10. The van der Waals surface area contributed by atoms with Gasteiger partial charge in [-0.1, -0.05) is 73.5 Å². The van der Waals surface area contributed by atoms with Gasteiger partial charge < -0.3 is 10.2 Å². The maximum Gasteiger partial charge on any atom is 0.251 e. The molecule has 2 aliphatic rings. The summed E-state index contributed by atoms with van der Waals surface area (Å²) in [4.78, 5) is 28.7. The number of halogens is 1. The number of allylic oxidation sites excluding steroid dienone is 3. The molecule has 2 aromatic carbocycles. The number of carbonyl (C=O) groups excluding carboxylic acids is 2. The predicted octanol–water partition coefficient (Wildman–Crippen LogP) is 4.84. The van der Waals surface area contributed by atoms with E-state index in [2.05, 4.69) is 5.32 Å². The zero-order chi connectivity index (χ0) is 21.6. The Bertz CT molecular complexity index is 976. The van der Waals surface area contributed by atoms with Gasteiger partial charge in [-0.3, -0.25) is 9.59 Å². The molecule has 1 N–H and O–H groups in total. The van der Waals surface area contributed by atoms with E-state index in [1.165, 1.54) is 12.1 Å². The van der Waals surface area contributed by atoms with Gasteiger partial charge in [0.1, 0.15) is 11.9 Å². The lowest BCUT2D eigenvalue weighted by molar-refractivity contribution is -0.139. The maximum absolute atomic E-state index is 13.6. The lowest BCUT2D eigenvalue weighted by Gasteiger charge is -2.33. The van der Waals surface area contributed by atoms with Crippen molar-refractivity contribution >= 4 is 11.8 Å². The van der Waals surface area contributed by atoms with Crippen LogP contribution in [0.15, 0.2) is 78.4 Å². The summed E-state index contributed by atoms with van der Waals surface area (Å²) < 4.78 is 13.6. The minimum atomic E-state index is -0.838. The normalized spacial score (nSPS) is 16.7. The molecule has 0 bridgehead atoms. The highest BCUT2D eigenvalue weighted by Crippen LogP contribution is 2.29. The first-order chi connectivity index (χ1) is 15.1. The summed E-state index contributed by atoms with van der Waals surface area (Å²) in [7, 11) is 0. The minimum absolute atomic E-state index is 0.122. The zero-order valence-corrected chi connectivity index (χ0v) is 17.5. The van der Waals surface area contributed by atoms with Crippen molar-refractivity contribution in [3.05, 3.63) is 95.3 Å². The van der Waals surface area contributed by atoms with Crippen molar-refractivity contribution in [2.24, 2.45) is 0 Å². The van der Waals surface area contributed by atoms with E-state index in [-0.39, 0.29) is 30.2 Å². The third-order valence-electron chi connectivity index (χ3n) is 5.95. The smallest absolute Gasteiger partial charge is 0.251 e. The van der Waals surface area contributed by atoms with Crippen molar-refractivity contribution in [2.45, 2.75) is 50.7 Å². The van der Waals surface area contributed by atoms with Gasteiger partial charge in [-0.2, -0.15) is 0 Å². The fourth-order valence-electron chi connectivity index (χ4n) is 4.32. The first-order valence-corrected chi connectivity index (χ1v) is 10.9. The molecule has 0 radical (unpaired) electrons. The van der Waals surface area contributed by atoms with Crippen molar-refractivity contribution in [3.63, 3.8) is 0 Å². The third-order valence-corrected chi connectivity index (χ3v) is 5.95. The molecule has 0 heterocycles. The Labute approximate surface area is 182 Å². The van der Waals surface area contributed by atoms with Crippen molar-refractivity contribution in [1.82, 2.24) is 10.2 Å². The SMILES string of the molecule is O=C(NC1CCCC1)[C@H](c1ccc(F)cc1)N(Cc1ccccc1)C(=O)C1=CC=CC1. The average molecular weight is 419 g/mol. The van der Waals surface area contributed by atoms with Gasteiger partial charge in [0.05, 0.1) is 0 Å². The molecular weight excluding hydrogens is 391 g/mol. The molecule has 31 heavy (non-hydrogen) atoms. The predicted molar refractivity (Wildman–Crippen MR) is 118 cm³/mol. The molecule has 1 saturated carbocycles. The molecule has 2 amide bonds. The Morgan fingerprint density at radius 1 is 1.03 bits per heavy atom. The van der Waals surface area contributed by atoms with Crippen LogP contribution in [-0.4, -0.2) is 22.8 Å². The van der Waals surface area contributed by atoms with Crippen LogP contribution in [0.2, 0.25) is 0 Å². The van der Waals surface area contributed by atoms with Crippen LogP contribution >= 0.6 is 0 Å². The maximum atomic E-state index is 13.6. The molecule has 2 aromatic rings. The molecule has 1 fully saturated rings. The van der Waals surface area contributed by atoms with Gasteiger partial charge in [-0.05, 0) is 42.5 Å². The molecule has 4 rings (SSSR count). The van der Waals surface area contributed by atoms with Crippen LogP contribution in [0.4, 0.5) is 4.39 Å². The van der Waals surface area contributed by atoms with Crippen LogP contribution in [-0.2, 0) is 16.1 Å². The number of hydrogen-bond donors (Lipinski definition) is 1. The van der Waals surface area contributed by atoms with E-state index in [1.807, 2.05) is 42.5 Å². The van der Waals surface area contributed by atoms with Gasteiger partial charge in [-0.25, -0.2) is 4.39 Å². The first-order valence-electron chi connectivity index (χ1n) is 10.9. The highest BCUT2D eigenvalue weighted by atomic mass is 19.1. The standard InChI is InChI=1S/C26H27FN2O2/c27-22-16-14-20(15-17-22)24(25(30)28-23-12-6-7-13-23)29(18-19-8-2-1-3-9-19)26(31)21-10-4-5-11-21/h1-5,8-10,14-17,23-24H,6-7,11-13,18H2,(H,28,30)/t24-/m0/s1. The van der Waals surface area contributed by atoms with Gasteiger partial charge in [0, 0.05) is 18.2 Å². The molecule has 0 spiro atoms. The van der Waals surface area contributed by atoms with Crippen molar-refractivity contribution < 1.29 is 14.0 Å². The summed E-state index contributed by atoms with van der Waals surface area (Å²) >= 11 is 0. The number of nitrogens with zero attached hydrogens (tertiary/aromatic N) is 1. The van der Waals surface area contributed by atoms with Crippen molar-refractivity contribution in [1.29, 1.82) is 0 Å². The van der Waals surface area contributed by atoms with Crippen LogP contribution in [0, 0.1) is 5.82 Å². The highest BCUT2D eigenvalue weighted by Gasteiger charge is 2.34. The van der Waals surface area contributed by atoms with E-state index in [0.29, 0.717) is 17.6 Å². The monoisotopic (exact) mass is 418 g/mol. The van der Waals surface area contributed by atoms with E-state index in [4.69, 9.17) is 0 Å². The quantitative estimate of drug-likeness (QED) is 0.699. The summed E-state index contributed by atoms with van der Waals surface area (Å²) in [6.45, 7) is 0.289. The van der Waals surface area contributed by atoms with Gasteiger partial charge in [0.15, 0.2) is 0 Å². The van der Waals surface area contributed by atoms with E-state index in [0.717, 1.165) is 31.2 Å². The number of hydrogen-bond acceptors (Lipinski definition) is 2. The zero-order valence-electron chi connectivity index (χ0n) is 17.5. The summed E-state index contributed by atoms with van der Waals surface area (Å²) in [5, 5.41) is 3.14. The van der Waals surface area contributed by atoms with Gasteiger partial charge in [-0.15, -0.1) is 0 Å². The van der Waals surface area contributed by atoms with Gasteiger partial charge >= 0.3 is 0 Å². The molecule has 2 aliphatic carbocycles. The van der Waals surface area contributed by atoms with Crippen LogP contribution < -0.4 is 5.32 Å². The Morgan fingerprint density at radius 2 is 1.74 bits per heavy atom. The van der Waals surface area contributed by atoms with Gasteiger partial charge in [0.2, 0.25) is 5.91 Å². The Balaban J connectivity index is 1.70. The molecule has 5 heteroatoms. The number of nitrogens with one attached hydrogen (secondary N) is 1. The van der Waals surface area contributed by atoms with Crippen molar-refractivity contribution in [3.8, 4) is 0 Å². The molecular formula is C26H27FN2O2. The summed E-state index contributed by atoms with van der Waals surface area (Å²) in [5.41, 5.74) is 2.19. The first kappa shape index (κ1) is 21.0. The second-order valence-corrected chi connectivity index (χ2v) is 8.19. The van der Waals surface area contributed by atoms with Crippen LogP contribution in [0.5, 0.6) is 0 Å². The largest absolute Gasteiger partial charge is 0.351 e. The van der Waals surface area contributed by atoms with E-state index in [9.17, 15) is 14.0 Å². The fraction of sp³-hybridized carbons (Fsp3) is 0.308. The number of benzene rings is 2. The van der Waals surface area contributed by atoms with E-state index in [1.54, 1.807) is 23.1 Å². The second kappa shape index (κ2) is 9.73. The summed E-state index contributed by atoms with van der Waals surface area (Å²) in [5.74, 6) is -0.763. The molecule has 0 saturated heterocycles.